The highest BCUT2D eigenvalue weighted by atomic mass is 16.3. The monoisotopic (exact) mass is 185 g/mol. The molecule has 13 heavy (non-hydrogen) atoms. The van der Waals surface area contributed by atoms with Crippen LogP contribution in [0.5, 0.6) is 0 Å². The SMILES string of the molecule is CCCCCC(=O)C(O)CN=[N+]=[N-]. The van der Waals surface area contributed by atoms with E-state index in [4.69, 9.17) is 10.6 Å². The van der Waals surface area contributed by atoms with Gasteiger partial charge in [0.1, 0.15) is 6.10 Å². The predicted molar refractivity (Wildman–Crippen MR) is 49.2 cm³/mol. The minimum atomic E-state index is -1.12. The number of Topliss-reactive ketones (excluding diaryl/α,β-unsaturated/α-hetero) is 1. The van der Waals surface area contributed by atoms with Crippen molar-refractivity contribution >= 4 is 5.78 Å². The summed E-state index contributed by atoms with van der Waals surface area (Å²) in [6.07, 6.45) is 2.07. The molecule has 0 saturated heterocycles. The van der Waals surface area contributed by atoms with Gasteiger partial charge in [-0.25, -0.2) is 0 Å². The lowest BCUT2D eigenvalue weighted by Gasteiger charge is -2.04. The van der Waals surface area contributed by atoms with Gasteiger partial charge < -0.3 is 5.11 Å². The Morgan fingerprint density at radius 2 is 2.31 bits per heavy atom. The van der Waals surface area contributed by atoms with Gasteiger partial charge in [-0.15, -0.1) is 0 Å². The lowest BCUT2D eigenvalue weighted by atomic mass is 10.1. The zero-order chi connectivity index (χ0) is 10.1. The Kier molecular flexibility index (Phi) is 6.96. The quantitative estimate of drug-likeness (QED) is 0.284. The minimum Gasteiger partial charge on any atom is -0.385 e. The van der Waals surface area contributed by atoms with E-state index in [-0.39, 0.29) is 12.3 Å². The fraction of sp³-hybridized carbons (Fsp3) is 0.875. The van der Waals surface area contributed by atoms with E-state index in [1.165, 1.54) is 0 Å². The first kappa shape index (κ1) is 11.9. The second kappa shape index (κ2) is 7.58. The predicted octanol–water partition coefficient (Wildman–Crippen LogP) is 1.81. The van der Waals surface area contributed by atoms with Gasteiger partial charge in [-0.3, -0.25) is 4.79 Å². The van der Waals surface area contributed by atoms with Crippen LogP contribution in [-0.2, 0) is 4.79 Å². The van der Waals surface area contributed by atoms with Crippen LogP contribution >= 0.6 is 0 Å². The summed E-state index contributed by atoms with van der Waals surface area (Å²) in [6, 6.07) is 0. The molecule has 0 rings (SSSR count). The summed E-state index contributed by atoms with van der Waals surface area (Å²) in [5.74, 6) is -0.235. The van der Waals surface area contributed by atoms with Gasteiger partial charge >= 0.3 is 0 Å². The molecule has 1 atom stereocenters. The van der Waals surface area contributed by atoms with Crippen LogP contribution in [0, 0.1) is 0 Å². The molecular formula is C8H15N3O2. The topological polar surface area (TPSA) is 86.1 Å². The average molecular weight is 185 g/mol. The first-order valence-corrected chi connectivity index (χ1v) is 4.44. The van der Waals surface area contributed by atoms with E-state index < -0.39 is 6.10 Å². The minimum absolute atomic E-state index is 0.151. The highest BCUT2D eigenvalue weighted by molar-refractivity contribution is 5.82. The maximum Gasteiger partial charge on any atom is 0.161 e. The zero-order valence-corrected chi connectivity index (χ0v) is 7.81. The fourth-order valence-electron chi connectivity index (χ4n) is 0.932. The normalized spacial score (nSPS) is 11.8. The Balaban J connectivity index is 3.62. The Hall–Kier alpha value is -1.06. The number of carbonyl (C=O) groups excluding carboxylic acids is 1. The molecule has 0 aliphatic heterocycles. The van der Waals surface area contributed by atoms with Gasteiger partial charge in [-0.05, 0) is 12.0 Å². The van der Waals surface area contributed by atoms with Gasteiger partial charge in [0.15, 0.2) is 5.78 Å². The number of hydrogen-bond acceptors (Lipinski definition) is 3. The highest BCUT2D eigenvalue weighted by Crippen LogP contribution is 2.02. The highest BCUT2D eigenvalue weighted by Gasteiger charge is 2.12. The summed E-state index contributed by atoms with van der Waals surface area (Å²) in [6.45, 7) is 1.89. The van der Waals surface area contributed by atoms with E-state index in [0.717, 1.165) is 19.3 Å². The van der Waals surface area contributed by atoms with Crippen molar-refractivity contribution in [1.29, 1.82) is 0 Å². The molecule has 0 aliphatic rings. The maximum absolute atomic E-state index is 11.1. The van der Waals surface area contributed by atoms with Gasteiger partial charge in [-0.1, -0.05) is 24.9 Å². The molecule has 5 nitrogen and oxygen atoms in total. The number of ketones is 1. The lowest BCUT2D eigenvalue weighted by molar-refractivity contribution is -0.126. The summed E-state index contributed by atoms with van der Waals surface area (Å²) < 4.78 is 0. The number of rotatable bonds is 7. The third-order valence-corrected chi connectivity index (χ3v) is 1.72. The largest absolute Gasteiger partial charge is 0.385 e. The van der Waals surface area contributed by atoms with E-state index >= 15 is 0 Å². The Labute approximate surface area is 77.4 Å². The van der Waals surface area contributed by atoms with E-state index in [1.54, 1.807) is 0 Å². The molecule has 0 spiro atoms. The summed E-state index contributed by atoms with van der Waals surface area (Å²) in [5, 5.41) is 12.3. The second-order valence-corrected chi connectivity index (χ2v) is 2.85. The third-order valence-electron chi connectivity index (χ3n) is 1.72. The molecule has 0 aromatic carbocycles. The lowest BCUT2D eigenvalue weighted by Crippen LogP contribution is -2.22. The molecular weight excluding hydrogens is 170 g/mol. The summed E-state index contributed by atoms with van der Waals surface area (Å²) >= 11 is 0. The van der Waals surface area contributed by atoms with E-state index in [2.05, 4.69) is 10.0 Å². The first-order valence-electron chi connectivity index (χ1n) is 4.44. The first-order chi connectivity index (χ1) is 6.22. The molecule has 0 aliphatic carbocycles. The van der Waals surface area contributed by atoms with Crippen LogP contribution in [0.4, 0.5) is 0 Å². The van der Waals surface area contributed by atoms with Crippen LogP contribution in [0.3, 0.4) is 0 Å². The number of nitrogens with zero attached hydrogens (tertiary/aromatic N) is 3. The standard InChI is InChI=1S/C8H15N3O2/c1-2-3-4-5-7(12)8(13)6-10-11-9/h8,13H,2-6H2,1H3. The summed E-state index contributed by atoms with van der Waals surface area (Å²) in [4.78, 5) is 13.6. The second-order valence-electron chi connectivity index (χ2n) is 2.85. The van der Waals surface area contributed by atoms with Crippen molar-refractivity contribution in [1.82, 2.24) is 0 Å². The molecule has 0 aromatic heterocycles. The van der Waals surface area contributed by atoms with Crippen molar-refractivity contribution in [3.05, 3.63) is 10.4 Å². The van der Waals surface area contributed by atoms with E-state index in [0.29, 0.717) is 6.42 Å². The van der Waals surface area contributed by atoms with Gasteiger partial charge in [0.25, 0.3) is 0 Å². The van der Waals surface area contributed by atoms with Crippen LogP contribution in [0.15, 0.2) is 5.11 Å². The molecule has 0 bridgehead atoms. The van der Waals surface area contributed by atoms with Gasteiger partial charge in [0.05, 0.1) is 6.54 Å². The molecule has 0 saturated carbocycles. The molecule has 0 radical (unpaired) electrons. The number of aliphatic hydroxyl groups is 1. The van der Waals surface area contributed by atoms with Gasteiger partial charge in [-0.2, -0.15) is 0 Å². The Morgan fingerprint density at radius 1 is 1.62 bits per heavy atom. The molecule has 74 valence electrons. The molecule has 1 unspecified atom stereocenters. The zero-order valence-electron chi connectivity index (χ0n) is 7.81. The van der Waals surface area contributed by atoms with Crippen LogP contribution in [-0.4, -0.2) is 23.5 Å². The number of unbranched alkanes of at least 4 members (excludes halogenated alkanes) is 2. The molecule has 0 fully saturated rings. The third kappa shape index (κ3) is 6.13. The van der Waals surface area contributed by atoms with Crippen molar-refractivity contribution in [3.63, 3.8) is 0 Å². The smallest absolute Gasteiger partial charge is 0.161 e. The average Bonchev–Trinajstić information content (AvgIpc) is 2.14. The van der Waals surface area contributed by atoms with E-state index in [9.17, 15) is 4.79 Å². The molecule has 5 heteroatoms. The molecule has 0 amide bonds. The van der Waals surface area contributed by atoms with Crippen LogP contribution < -0.4 is 0 Å². The fourth-order valence-corrected chi connectivity index (χ4v) is 0.932. The van der Waals surface area contributed by atoms with Crippen molar-refractivity contribution in [2.45, 2.75) is 38.7 Å². The van der Waals surface area contributed by atoms with Crippen LogP contribution in [0.25, 0.3) is 10.4 Å². The summed E-state index contributed by atoms with van der Waals surface area (Å²) in [7, 11) is 0. The molecule has 1 N–H and O–H groups in total. The van der Waals surface area contributed by atoms with Crippen molar-refractivity contribution in [3.8, 4) is 0 Å². The number of carbonyl (C=O) groups is 1. The number of azide groups is 1. The van der Waals surface area contributed by atoms with Crippen molar-refractivity contribution in [2.75, 3.05) is 6.54 Å². The van der Waals surface area contributed by atoms with Crippen LogP contribution in [0.2, 0.25) is 0 Å². The van der Waals surface area contributed by atoms with Gasteiger partial charge in [0.2, 0.25) is 0 Å². The molecule has 0 heterocycles. The Bertz CT molecular complexity index is 200. The number of hydrogen-bond donors (Lipinski definition) is 1. The van der Waals surface area contributed by atoms with E-state index in [1.807, 2.05) is 6.92 Å². The number of aliphatic hydroxyl groups excluding tert-OH is 1. The van der Waals surface area contributed by atoms with Crippen molar-refractivity contribution in [2.24, 2.45) is 5.11 Å². The summed E-state index contributed by atoms with van der Waals surface area (Å²) in [5.41, 5.74) is 7.95. The molecule has 0 aromatic rings. The van der Waals surface area contributed by atoms with Crippen LogP contribution in [0.1, 0.15) is 32.6 Å². The van der Waals surface area contributed by atoms with Gasteiger partial charge in [0, 0.05) is 11.3 Å². The van der Waals surface area contributed by atoms with Crippen molar-refractivity contribution < 1.29 is 9.90 Å². The Morgan fingerprint density at radius 3 is 2.85 bits per heavy atom. The maximum atomic E-state index is 11.1.